The second-order valence-corrected chi connectivity index (χ2v) is 7.03. The van der Waals surface area contributed by atoms with Crippen molar-refractivity contribution in [3.8, 4) is 0 Å². The van der Waals surface area contributed by atoms with Gasteiger partial charge < -0.3 is 4.57 Å². The lowest BCUT2D eigenvalue weighted by Crippen LogP contribution is -2.25. The Morgan fingerprint density at radius 2 is 1.83 bits per heavy atom. The number of fused-ring (bicyclic) bond motifs is 2. The number of aryl methyl sites for hydroxylation is 2. The number of unbranched alkanes of at least 4 members (excludes halogenated alkanes) is 6. The molecule has 0 saturated carbocycles. The van der Waals surface area contributed by atoms with Gasteiger partial charge in [0.1, 0.15) is 5.82 Å². The molecule has 24 heavy (non-hydrogen) atoms. The van der Waals surface area contributed by atoms with Crippen molar-refractivity contribution in [1.82, 2.24) is 19.1 Å². The lowest BCUT2D eigenvalue weighted by atomic mass is 10.1. The van der Waals surface area contributed by atoms with Crippen molar-refractivity contribution in [3.63, 3.8) is 0 Å². The first kappa shape index (κ1) is 17.2. The van der Waals surface area contributed by atoms with E-state index in [1.807, 2.05) is 4.57 Å². The van der Waals surface area contributed by atoms with Crippen LogP contribution in [0.4, 0.5) is 0 Å². The predicted octanol–water partition coefficient (Wildman–Crippen LogP) is 4.07. The number of hydrogen-bond acceptors (Lipinski definition) is 3. The SMILES string of the molecule is CCCCCCCCCn1cnc2c(=O)n3c(nc21)CCCCC3. The van der Waals surface area contributed by atoms with Gasteiger partial charge in [-0.05, 0) is 19.3 Å². The predicted molar refractivity (Wildman–Crippen MR) is 97.3 cm³/mol. The van der Waals surface area contributed by atoms with Gasteiger partial charge >= 0.3 is 0 Å². The molecule has 3 heterocycles. The first-order valence-corrected chi connectivity index (χ1v) is 9.76. The highest BCUT2D eigenvalue weighted by Crippen LogP contribution is 2.15. The van der Waals surface area contributed by atoms with Crippen molar-refractivity contribution in [1.29, 1.82) is 0 Å². The van der Waals surface area contributed by atoms with Gasteiger partial charge in [-0.2, -0.15) is 0 Å². The summed E-state index contributed by atoms with van der Waals surface area (Å²) in [6.07, 6.45) is 15.1. The highest BCUT2D eigenvalue weighted by molar-refractivity contribution is 5.69. The molecule has 0 unspecified atom stereocenters. The van der Waals surface area contributed by atoms with Crippen LogP contribution in [0.25, 0.3) is 11.2 Å². The van der Waals surface area contributed by atoms with Crippen LogP contribution in [0.15, 0.2) is 11.1 Å². The highest BCUT2D eigenvalue weighted by Gasteiger charge is 2.16. The fourth-order valence-electron chi connectivity index (χ4n) is 3.63. The van der Waals surface area contributed by atoms with E-state index in [2.05, 4.69) is 16.5 Å². The second-order valence-electron chi connectivity index (χ2n) is 7.03. The summed E-state index contributed by atoms with van der Waals surface area (Å²) in [5.74, 6) is 0.950. The zero-order valence-corrected chi connectivity index (χ0v) is 15.0. The summed E-state index contributed by atoms with van der Waals surface area (Å²) < 4.78 is 3.93. The third-order valence-electron chi connectivity index (χ3n) is 5.09. The molecular formula is C19H30N4O. The van der Waals surface area contributed by atoms with E-state index < -0.39 is 0 Å². The first-order chi connectivity index (χ1) is 11.8. The molecule has 0 N–H and O–H groups in total. The summed E-state index contributed by atoms with van der Waals surface area (Å²) in [7, 11) is 0. The van der Waals surface area contributed by atoms with E-state index in [9.17, 15) is 4.79 Å². The van der Waals surface area contributed by atoms with Gasteiger partial charge in [0.05, 0.1) is 6.33 Å². The minimum atomic E-state index is 0.0511. The Labute approximate surface area is 144 Å². The maximum atomic E-state index is 12.7. The van der Waals surface area contributed by atoms with Gasteiger partial charge in [-0.1, -0.05) is 51.9 Å². The minimum Gasteiger partial charge on any atom is -0.315 e. The van der Waals surface area contributed by atoms with E-state index in [-0.39, 0.29) is 5.56 Å². The monoisotopic (exact) mass is 330 g/mol. The molecule has 2 aromatic heterocycles. The van der Waals surface area contributed by atoms with Crippen LogP contribution in [0, 0.1) is 0 Å². The van der Waals surface area contributed by atoms with E-state index in [0.29, 0.717) is 5.52 Å². The minimum absolute atomic E-state index is 0.0511. The molecule has 0 aromatic carbocycles. The summed E-state index contributed by atoms with van der Waals surface area (Å²) >= 11 is 0. The number of nitrogens with zero attached hydrogens (tertiary/aromatic N) is 4. The quantitative estimate of drug-likeness (QED) is 0.686. The van der Waals surface area contributed by atoms with Gasteiger partial charge in [0.25, 0.3) is 5.56 Å². The van der Waals surface area contributed by atoms with Crippen LogP contribution in [-0.4, -0.2) is 19.1 Å². The van der Waals surface area contributed by atoms with Crippen LogP contribution in [0.3, 0.4) is 0 Å². The summed E-state index contributed by atoms with van der Waals surface area (Å²) in [6, 6.07) is 0. The smallest absolute Gasteiger partial charge is 0.281 e. The molecule has 0 atom stereocenters. The van der Waals surface area contributed by atoms with E-state index in [4.69, 9.17) is 4.98 Å². The molecule has 3 rings (SSSR count). The van der Waals surface area contributed by atoms with E-state index in [1.165, 1.54) is 44.9 Å². The number of hydrogen-bond donors (Lipinski definition) is 0. The van der Waals surface area contributed by atoms with Gasteiger partial charge in [0.2, 0.25) is 0 Å². The summed E-state index contributed by atoms with van der Waals surface area (Å²) in [5, 5.41) is 0. The number of imidazole rings is 1. The normalized spacial score (nSPS) is 14.7. The molecule has 0 amide bonds. The third-order valence-corrected chi connectivity index (χ3v) is 5.09. The molecule has 2 aromatic rings. The summed E-state index contributed by atoms with van der Waals surface area (Å²) in [4.78, 5) is 21.8. The van der Waals surface area contributed by atoms with Crippen molar-refractivity contribution >= 4 is 11.2 Å². The van der Waals surface area contributed by atoms with Gasteiger partial charge in [0.15, 0.2) is 11.2 Å². The van der Waals surface area contributed by atoms with Crippen molar-refractivity contribution in [3.05, 3.63) is 22.5 Å². The number of aromatic nitrogens is 4. The fourth-order valence-corrected chi connectivity index (χ4v) is 3.63. The second kappa shape index (κ2) is 8.45. The van der Waals surface area contributed by atoms with E-state index in [1.54, 1.807) is 6.33 Å². The van der Waals surface area contributed by atoms with Crippen LogP contribution in [0.2, 0.25) is 0 Å². The van der Waals surface area contributed by atoms with Crippen molar-refractivity contribution in [2.24, 2.45) is 0 Å². The Hall–Kier alpha value is -1.65. The Morgan fingerprint density at radius 1 is 1.04 bits per heavy atom. The standard InChI is InChI=1S/C19H30N4O/c1-2-3-4-5-6-7-10-13-22-15-20-17-18(22)21-16-12-9-8-11-14-23(16)19(17)24/h15H,2-14H2,1H3. The molecule has 0 aliphatic carbocycles. The van der Waals surface area contributed by atoms with Gasteiger partial charge in [0, 0.05) is 19.5 Å². The lowest BCUT2D eigenvalue weighted by Gasteiger charge is -2.09. The lowest BCUT2D eigenvalue weighted by molar-refractivity contribution is 0.553. The van der Waals surface area contributed by atoms with Gasteiger partial charge in [-0.25, -0.2) is 9.97 Å². The molecule has 0 fully saturated rings. The van der Waals surface area contributed by atoms with Crippen LogP contribution in [-0.2, 0) is 19.5 Å². The van der Waals surface area contributed by atoms with Crippen LogP contribution < -0.4 is 5.56 Å². The van der Waals surface area contributed by atoms with Crippen molar-refractivity contribution < 1.29 is 0 Å². The maximum Gasteiger partial charge on any atom is 0.281 e. The molecule has 0 spiro atoms. The molecule has 132 valence electrons. The molecular weight excluding hydrogens is 300 g/mol. The fraction of sp³-hybridized carbons (Fsp3) is 0.737. The molecule has 0 radical (unpaired) electrons. The first-order valence-electron chi connectivity index (χ1n) is 9.76. The third kappa shape index (κ3) is 3.87. The maximum absolute atomic E-state index is 12.7. The van der Waals surface area contributed by atoms with E-state index in [0.717, 1.165) is 50.2 Å². The molecule has 1 aliphatic heterocycles. The average molecular weight is 330 g/mol. The average Bonchev–Trinajstić information content (AvgIpc) is 2.83. The van der Waals surface area contributed by atoms with Gasteiger partial charge in [-0.15, -0.1) is 0 Å². The van der Waals surface area contributed by atoms with Crippen LogP contribution in [0.5, 0.6) is 0 Å². The van der Waals surface area contributed by atoms with E-state index >= 15 is 0 Å². The highest BCUT2D eigenvalue weighted by atomic mass is 16.1. The number of rotatable bonds is 8. The molecule has 1 aliphatic rings. The Kier molecular flexibility index (Phi) is 6.05. The molecule has 5 nitrogen and oxygen atoms in total. The Balaban J connectivity index is 1.66. The largest absolute Gasteiger partial charge is 0.315 e. The Morgan fingerprint density at radius 3 is 2.67 bits per heavy atom. The van der Waals surface area contributed by atoms with Crippen LogP contribution in [0.1, 0.15) is 77.0 Å². The zero-order chi connectivity index (χ0) is 16.8. The Bertz CT molecular complexity index is 716. The van der Waals surface area contributed by atoms with Crippen LogP contribution >= 0.6 is 0 Å². The summed E-state index contributed by atoms with van der Waals surface area (Å²) in [6.45, 7) is 3.96. The summed E-state index contributed by atoms with van der Waals surface area (Å²) in [5.41, 5.74) is 1.39. The molecule has 5 heteroatoms. The van der Waals surface area contributed by atoms with Gasteiger partial charge in [-0.3, -0.25) is 9.36 Å². The van der Waals surface area contributed by atoms with Crippen molar-refractivity contribution in [2.75, 3.05) is 0 Å². The van der Waals surface area contributed by atoms with Crippen molar-refractivity contribution in [2.45, 2.75) is 90.6 Å². The zero-order valence-electron chi connectivity index (χ0n) is 15.0. The molecule has 0 bridgehead atoms. The topological polar surface area (TPSA) is 52.7 Å². The molecule has 0 saturated heterocycles.